The van der Waals surface area contributed by atoms with Gasteiger partial charge >= 0.3 is 6.97 Å². The van der Waals surface area contributed by atoms with E-state index in [0.29, 0.717) is 23.3 Å². The molecule has 0 saturated heterocycles. The fourth-order valence-corrected chi connectivity index (χ4v) is 3.06. The molecule has 3 heterocycles. The molecule has 0 saturated carbocycles. The summed E-state index contributed by atoms with van der Waals surface area (Å²) in [6.45, 7) is -3.99. The lowest BCUT2D eigenvalue weighted by atomic mass is 9.86. The van der Waals surface area contributed by atoms with Gasteiger partial charge in [0.05, 0.1) is 5.57 Å². The maximum atomic E-state index is 14.7. The molecule has 0 unspecified atom stereocenters. The largest absolute Gasteiger partial charge is 0.737 e. The summed E-state index contributed by atoms with van der Waals surface area (Å²) in [5, 5.41) is 0. The Morgan fingerprint density at radius 1 is 1.18 bits per heavy atom. The monoisotopic (exact) mass is 296 g/mol. The molecule has 2 aliphatic heterocycles. The number of nitrogens with zero attached hydrogens (tertiary/aromatic N) is 2. The first-order valence-electron chi connectivity index (χ1n) is 6.92. The molecule has 0 bridgehead atoms. The number of carbonyl (C=O) groups is 1. The average Bonchev–Trinajstić information content (AvgIpc) is 3.16. The van der Waals surface area contributed by atoms with E-state index in [0.717, 1.165) is 14.5 Å². The van der Waals surface area contributed by atoms with Gasteiger partial charge in [-0.05, 0) is 17.8 Å². The number of allylic oxidation sites excluding steroid dienone is 2. The summed E-state index contributed by atoms with van der Waals surface area (Å²) in [5.41, 5.74) is 2.61. The highest BCUT2D eigenvalue weighted by Crippen LogP contribution is 2.38. The van der Waals surface area contributed by atoms with Gasteiger partial charge in [0.2, 0.25) is 0 Å². The van der Waals surface area contributed by atoms with Gasteiger partial charge < -0.3 is 17.6 Å². The van der Waals surface area contributed by atoms with Gasteiger partial charge in [-0.2, -0.15) is 0 Å². The maximum Gasteiger partial charge on any atom is 0.737 e. The van der Waals surface area contributed by atoms with Gasteiger partial charge in [0, 0.05) is 23.4 Å². The first kappa shape index (κ1) is 12.9. The van der Waals surface area contributed by atoms with Crippen LogP contribution in [0.4, 0.5) is 8.63 Å². The summed E-state index contributed by atoms with van der Waals surface area (Å²) in [4.78, 5) is 11.0. The van der Waals surface area contributed by atoms with Crippen LogP contribution in [0.2, 0.25) is 0 Å². The summed E-state index contributed by atoms with van der Waals surface area (Å²) < 4.78 is 31.3. The van der Waals surface area contributed by atoms with E-state index >= 15 is 0 Å². The second-order valence-corrected chi connectivity index (χ2v) is 5.31. The molecule has 2 aliphatic rings. The third kappa shape index (κ3) is 1.61. The highest BCUT2D eigenvalue weighted by molar-refractivity contribution is 6.57. The molecular weight excluding hydrogens is 285 g/mol. The SMILES string of the molecule is O=Cc1cc2n(c1)[B-](F)(F)[N+]1=CC=CC1=C2c1ccccc1. The molecule has 1 aromatic heterocycles. The predicted molar refractivity (Wildman–Crippen MR) is 81.1 cm³/mol. The third-order valence-corrected chi connectivity index (χ3v) is 4.03. The fraction of sp³-hybridized carbons (Fsp3) is 0. The van der Waals surface area contributed by atoms with Crippen LogP contribution in [-0.4, -0.2) is 28.4 Å². The lowest BCUT2D eigenvalue weighted by molar-refractivity contribution is -0.356. The van der Waals surface area contributed by atoms with Gasteiger partial charge in [0.1, 0.15) is 6.21 Å². The van der Waals surface area contributed by atoms with Crippen molar-refractivity contribution in [1.29, 1.82) is 0 Å². The zero-order valence-electron chi connectivity index (χ0n) is 11.5. The number of hydrogen-bond donors (Lipinski definition) is 0. The molecule has 6 heteroatoms. The van der Waals surface area contributed by atoms with Crippen molar-refractivity contribution in [3.63, 3.8) is 0 Å². The van der Waals surface area contributed by atoms with Crippen molar-refractivity contribution >= 4 is 25.0 Å². The Morgan fingerprint density at radius 3 is 2.68 bits per heavy atom. The van der Waals surface area contributed by atoms with Crippen molar-refractivity contribution in [3.8, 4) is 0 Å². The molecule has 108 valence electrons. The van der Waals surface area contributed by atoms with Crippen molar-refractivity contribution in [2.75, 3.05) is 0 Å². The molecule has 0 fully saturated rings. The molecule has 3 nitrogen and oxygen atoms in total. The molecular formula is C16H11BF2N2O. The molecule has 22 heavy (non-hydrogen) atoms. The van der Waals surface area contributed by atoms with Gasteiger partial charge in [-0.25, -0.2) is 0 Å². The van der Waals surface area contributed by atoms with E-state index in [-0.39, 0.29) is 5.56 Å². The van der Waals surface area contributed by atoms with Crippen LogP contribution in [0.5, 0.6) is 0 Å². The van der Waals surface area contributed by atoms with Crippen LogP contribution in [0.1, 0.15) is 21.6 Å². The molecule has 0 atom stereocenters. The number of aldehydes is 1. The molecule has 0 amide bonds. The number of carbonyl (C=O) groups excluding carboxylic acids is 1. The van der Waals surface area contributed by atoms with E-state index < -0.39 is 6.97 Å². The van der Waals surface area contributed by atoms with Crippen LogP contribution in [0, 0.1) is 0 Å². The summed E-state index contributed by atoms with van der Waals surface area (Å²) in [6.07, 6.45) is 6.47. The third-order valence-electron chi connectivity index (χ3n) is 4.03. The van der Waals surface area contributed by atoms with Gasteiger partial charge in [0.25, 0.3) is 0 Å². The average molecular weight is 296 g/mol. The first-order valence-corrected chi connectivity index (χ1v) is 6.92. The maximum absolute atomic E-state index is 14.7. The normalized spacial score (nSPS) is 18.0. The van der Waals surface area contributed by atoms with Crippen molar-refractivity contribution in [2.45, 2.75) is 0 Å². The van der Waals surface area contributed by atoms with Gasteiger partial charge in [-0.1, -0.05) is 30.3 Å². The smallest absolute Gasteiger partial charge is 0.395 e. The summed E-state index contributed by atoms with van der Waals surface area (Å²) in [5.74, 6) is 0. The van der Waals surface area contributed by atoms with Crippen molar-refractivity contribution in [3.05, 3.63) is 77.3 Å². The zero-order valence-corrected chi connectivity index (χ0v) is 11.5. The Hall–Kier alpha value is -2.76. The van der Waals surface area contributed by atoms with Crippen LogP contribution in [0.3, 0.4) is 0 Å². The molecule has 1 aromatic carbocycles. The lowest BCUT2D eigenvalue weighted by Crippen LogP contribution is -2.49. The van der Waals surface area contributed by atoms with Crippen LogP contribution in [-0.2, 0) is 0 Å². The highest BCUT2D eigenvalue weighted by Gasteiger charge is 2.51. The number of fused-ring (bicyclic) bond motifs is 2. The Kier molecular flexibility index (Phi) is 2.57. The first-order chi connectivity index (χ1) is 10.6. The van der Waals surface area contributed by atoms with E-state index in [4.69, 9.17) is 0 Å². The van der Waals surface area contributed by atoms with Crippen LogP contribution >= 0.6 is 0 Å². The van der Waals surface area contributed by atoms with E-state index in [2.05, 4.69) is 0 Å². The molecule has 2 aromatic rings. The minimum absolute atomic E-state index is 0.246. The van der Waals surface area contributed by atoms with Crippen molar-refractivity contribution in [1.82, 2.24) is 4.48 Å². The van der Waals surface area contributed by atoms with Crippen LogP contribution < -0.4 is 0 Å². The quantitative estimate of drug-likeness (QED) is 0.618. The number of hydrogen-bond acceptors (Lipinski definition) is 1. The Labute approximate surface area is 125 Å². The second kappa shape index (κ2) is 4.37. The van der Waals surface area contributed by atoms with E-state index in [1.165, 1.54) is 18.5 Å². The summed E-state index contributed by atoms with van der Waals surface area (Å²) in [6, 6.07) is 10.9. The number of aromatic nitrogens is 1. The second-order valence-electron chi connectivity index (χ2n) is 5.31. The lowest BCUT2D eigenvalue weighted by Gasteiger charge is -2.30. The molecule has 0 aliphatic carbocycles. The zero-order chi connectivity index (χ0) is 15.3. The summed E-state index contributed by atoms with van der Waals surface area (Å²) in [7, 11) is 0. The van der Waals surface area contributed by atoms with Gasteiger partial charge in [-0.3, -0.25) is 4.79 Å². The van der Waals surface area contributed by atoms with Crippen LogP contribution in [0.15, 0.2) is 60.4 Å². The predicted octanol–water partition coefficient (Wildman–Crippen LogP) is 2.95. The standard InChI is InChI=1S/C16H11BF2N2O/c18-17(19)20-8-4-7-14(20)16(13-5-2-1-3-6-13)15-9-12(11-22)10-21(15)17/h1-11H. The van der Waals surface area contributed by atoms with Crippen LogP contribution in [0.25, 0.3) is 5.57 Å². The number of benzene rings is 1. The van der Waals surface area contributed by atoms with Crippen molar-refractivity contribution < 1.29 is 17.9 Å². The Balaban J connectivity index is 2.08. The molecule has 4 rings (SSSR count). The van der Waals surface area contributed by atoms with Gasteiger partial charge in [0.15, 0.2) is 12.0 Å². The number of halogens is 2. The van der Waals surface area contributed by atoms with E-state index in [1.54, 1.807) is 12.2 Å². The number of rotatable bonds is 2. The Morgan fingerprint density at radius 2 is 1.95 bits per heavy atom. The van der Waals surface area contributed by atoms with Gasteiger partial charge in [-0.15, -0.1) is 0 Å². The molecule has 0 radical (unpaired) electrons. The minimum atomic E-state index is -3.99. The van der Waals surface area contributed by atoms with Crippen molar-refractivity contribution in [2.24, 2.45) is 0 Å². The molecule has 0 spiro atoms. The topological polar surface area (TPSA) is 25.0 Å². The van der Waals surface area contributed by atoms with E-state index in [9.17, 15) is 13.4 Å². The fourth-order valence-electron chi connectivity index (χ4n) is 3.06. The Bertz CT molecular complexity index is 879. The molecule has 0 N–H and O–H groups in total. The highest BCUT2D eigenvalue weighted by atomic mass is 19.2. The summed E-state index contributed by atoms with van der Waals surface area (Å²) >= 11 is 0. The minimum Gasteiger partial charge on any atom is -0.395 e. The van der Waals surface area contributed by atoms with E-state index in [1.807, 2.05) is 30.3 Å².